The van der Waals surface area contributed by atoms with E-state index in [4.69, 9.17) is 4.74 Å². The summed E-state index contributed by atoms with van der Waals surface area (Å²) in [7, 11) is 0. The number of para-hydroxylation sites is 1. The molecule has 0 saturated carbocycles. The summed E-state index contributed by atoms with van der Waals surface area (Å²) >= 11 is 0. The highest BCUT2D eigenvalue weighted by atomic mass is 19.1. The van der Waals surface area contributed by atoms with Gasteiger partial charge in [0.2, 0.25) is 0 Å². The van der Waals surface area contributed by atoms with Crippen LogP contribution in [-0.2, 0) is 11.3 Å². The highest BCUT2D eigenvalue weighted by molar-refractivity contribution is 6.07. The third-order valence-electron chi connectivity index (χ3n) is 4.96. The van der Waals surface area contributed by atoms with Crippen LogP contribution < -0.4 is 15.0 Å². The monoisotopic (exact) mass is 404 g/mol. The molecule has 0 bridgehead atoms. The van der Waals surface area contributed by atoms with Gasteiger partial charge in [-0.2, -0.15) is 0 Å². The Balaban J connectivity index is 1.70. The predicted molar refractivity (Wildman–Crippen MR) is 113 cm³/mol. The molecule has 4 rings (SSSR count). The van der Waals surface area contributed by atoms with E-state index in [2.05, 4.69) is 5.32 Å². The maximum atomic E-state index is 14.3. The van der Waals surface area contributed by atoms with Gasteiger partial charge in [-0.25, -0.2) is 4.39 Å². The van der Waals surface area contributed by atoms with Gasteiger partial charge in [0.15, 0.2) is 5.60 Å². The lowest BCUT2D eigenvalue weighted by Crippen LogP contribution is -2.52. The van der Waals surface area contributed by atoms with Crippen molar-refractivity contribution in [3.63, 3.8) is 0 Å². The van der Waals surface area contributed by atoms with Gasteiger partial charge < -0.3 is 15.0 Å². The average Bonchev–Trinajstić information content (AvgIpc) is 2.73. The fourth-order valence-electron chi connectivity index (χ4n) is 3.39. The Kier molecular flexibility index (Phi) is 4.99. The minimum absolute atomic E-state index is 0.0368. The van der Waals surface area contributed by atoms with Crippen molar-refractivity contribution >= 4 is 23.2 Å². The third-order valence-corrected chi connectivity index (χ3v) is 4.96. The summed E-state index contributed by atoms with van der Waals surface area (Å²) in [5, 5.41) is 2.82. The second-order valence-electron chi connectivity index (χ2n) is 7.60. The lowest BCUT2D eigenvalue weighted by molar-refractivity contribution is -0.132. The Hall–Kier alpha value is -3.67. The molecule has 5 nitrogen and oxygen atoms in total. The van der Waals surface area contributed by atoms with Crippen molar-refractivity contribution in [3.8, 4) is 5.75 Å². The van der Waals surface area contributed by atoms with Crippen molar-refractivity contribution in [2.75, 3.05) is 10.2 Å². The van der Waals surface area contributed by atoms with Crippen molar-refractivity contribution in [1.82, 2.24) is 0 Å². The van der Waals surface area contributed by atoms with Gasteiger partial charge >= 0.3 is 0 Å². The molecule has 1 heterocycles. The van der Waals surface area contributed by atoms with Gasteiger partial charge in [0.25, 0.3) is 11.8 Å². The molecular weight excluding hydrogens is 383 g/mol. The molecule has 1 aliphatic rings. The maximum Gasteiger partial charge on any atom is 0.271 e. The van der Waals surface area contributed by atoms with Crippen LogP contribution in [0.1, 0.15) is 29.8 Å². The van der Waals surface area contributed by atoms with E-state index in [0.29, 0.717) is 28.3 Å². The molecule has 0 unspecified atom stereocenters. The first-order chi connectivity index (χ1) is 14.3. The van der Waals surface area contributed by atoms with Crippen LogP contribution in [0.4, 0.5) is 15.8 Å². The number of halogens is 1. The molecule has 2 amide bonds. The van der Waals surface area contributed by atoms with E-state index in [1.165, 1.54) is 11.0 Å². The highest BCUT2D eigenvalue weighted by Crippen LogP contribution is 2.39. The number of fused-ring (bicyclic) bond motifs is 1. The van der Waals surface area contributed by atoms with Gasteiger partial charge in [-0.15, -0.1) is 0 Å². The molecule has 3 aromatic rings. The van der Waals surface area contributed by atoms with Crippen LogP contribution in [0, 0.1) is 5.82 Å². The first kappa shape index (κ1) is 19.6. The normalized spacial score (nSPS) is 14.6. The molecule has 30 heavy (non-hydrogen) atoms. The SMILES string of the molecule is CC1(C)Oc2ccc(C(=O)Nc3ccccc3)cc2N(Cc2ccccc2F)C1=O. The zero-order chi connectivity index (χ0) is 21.3. The van der Waals surface area contributed by atoms with Crippen LogP contribution in [-0.4, -0.2) is 17.4 Å². The summed E-state index contributed by atoms with van der Waals surface area (Å²) in [5.41, 5.74) is 0.743. The zero-order valence-corrected chi connectivity index (χ0v) is 16.7. The zero-order valence-electron chi connectivity index (χ0n) is 16.7. The summed E-state index contributed by atoms with van der Waals surface area (Å²) in [4.78, 5) is 27.3. The van der Waals surface area contributed by atoms with Gasteiger partial charge in [0, 0.05) is 16.8 Å². The van der Waals surface area contributed by atoms with E-state index in [1.54, 1.807) is 62.4 Å². The standard InChI is InChI=1S/C24H21FN2O3/c1-24(2)23(29)27(15-17-8-6-7-11-19(17)25)20-14-16(12-13-21(20)30-24)22(28)26-18-9-4-3-5-10-18/h3-14H,15H2,1-2H3,(H,26,28). The van der Waals surface area contributed by atoms with E-state index < -0.39 is 11.4 Å². The number of anilines is 2. The van der Waals surface area contributed by atoms with Gasteiger partial charge in [-0.3, -0.25) is 9.59 Å². The fraction of sp³-hybridized carbons (Fsp3) is 0.167. The second kappa shape index (κ2) is 7.63. The van der Waals surface area contributed by atoms with Gasteiger partial charge in [0.05, 0.1) is 12.2 Å². The van der Waals surface area contributed by atoms with Gasteiger partial charge in [-0.1, -0.05) is 36.4 Å². The number of nitrogens with zero attached hydrogens (tertiary/aromatic N) is 1. The number of ether oxygens (including phenoxy) is 1. The van der Waals surface area contributed by atoms with Crippen molar-refractivity contribution < 1.29 is 18.7 Å². The smallest absolute Gasteiger partial charge is 0.271 e. The average molecular weight is 404 g/mol. The minimum Gasteiger partial charge on any atom is -0.476 e. The van der Waals surface area contributed by atoms with Gasteiger partial charge in [-0.05, 0) is 50.2 Å². The molecule has 0 aliphatic carbocycles. The van der Waals surface area contributed by atoms with E-state index in [1.807, 2.05) is 18.2 Å². The molecule has 1 N–H and O–H groups in total. The van der Waals surface area contributed by atoms with Crippen LogP contribution in [0.2, 0.25) is 0 Å². The summed E-state index contributed by atoms with van der Waals surface area (Å²) in [6.07, 6.45) is 0. The number of nitrogens with one attached hydrogen (secondary N) is 1. The van der Waals surface area contributed by atoms with E-state index in [9.17, 15) is 14.0 Å². The molecule has 6 heteroatoms. The number of hydrogen-bond acceptors (Lipinski definition) is 3. The van der Waals surface area contributed by atoms with Crippen molar-refractivity contribution in [2.24, 2.45) is 0 Å². The Morgan fingerprint density at radius 1 is 1.03 bits per heavy atom. The first-order valence-corrected chi connectivity index (χ1v) is 9.60. The van der Waals surface area contributed by atoms with E-state index >= 15 is 0 Å². The largest absolute Gasteiger partial charge is 0.476 e. The molecule has 0 saturated heterocycles. The lowest BCUT2D eigenvalue weighted by Gasteiger charge is -2.39. The number of rotatable bonds is 4. The molecule has 1 aliphatic heterocycles. The summed E-state index contributed by atoms with van der Waals surface area (Å²) in [6.45, 7) is 3.38. The number of carbonyl (C=O) groups is 2. The first-order valence-electron chi connectivity index (χ1n) is 9.60. The quantitative estimate of drug-likeness (QED) is 0.681. The van der Waals surface area contributed by atoms with Crippen LogP contribution in [0.15, 0.2) is 72.8 Å². The van der Waals surface area contributed by atoms with Crippen molar-refractivity contribution in [1.29, 1.82) is 0 Å². The summed E-state index contributed by atoms with van der Waals surface area (Å²) in [5.74, 6) is -0.549. The van der Waals surface area contributed by atoms with E-state index in [0.717, 1.165) is 0 Å². The molecule has 0 radical (unpaired) electrons. The molecule has 0 fully saturated rings. The lowest BCUT2D eigenvalue weighted by atomic mass is 10.0. The third kappa shape index (κ3) is 3.76. The highest BCUT2D eigenvalue weighted by Gasteiger charge is 2.41. The number of hydrogen-bond donors (Lipinski definition) is 1. The maximum absolute atomic E-state index is 14.3. The predicted octanol–water partition coefficient (Wildman–Crippen LogP) is 4.78. The number of amides is 2. The fourth-order valence-corrected chi connectivity index (χ4v) is 3.39. The van der Waals surface area contributed by atoms with Crippen molar-refractivity contribution in [2.45, 2.75) is 26.0 Å². The Morgan fingerprint density at radius 3 is 2.47 bits per heavy atom. The molecular formula is C24H21FN2O3. The number of benzene rings is 3. The van der Waals surface area contributed by atoms with Crippen molar-refractivity contribution in [3.05, 3.63) is 89.7 Å². The van der Waals surface area contributed by atoms with E-state index in [-0.39, 0.29) is 18.4 Å². The van der Waals surface area contributed by atoms with Crippen LogP contribution in [0.25, 0.3) is 0 Å². The molecule has 0 spiro atoms. The molecule has 0 aromatic heterocycles. The molecule has 152 valence electrons. The Morgan fingerprint density at radius 2 is 1.73 bits per heavy atom. The molecule has 3 aromatic carbocycles. The van der Waals surface area contributed by atoms with Gasteiger partial charge in [0.1, 0.15) is 11.6 Å². The van der Waals surface area contributed by atoms with Crippen LogP contribution in [0.3, 0.4) is 0 Å². The topological polar surface area (TPSA) is 58.6 Å². The number of carbonyl (C=O) groups excluding carboxylic acids is 2. The summed E-state index contributed by atoms with van der Waals surface area (Å²) in [6, 6.07) is 20.3. The Bertz CT molecular complexity index is 1110. The van der Waals surface area contributed by atoms with Crippen LogP contribution in [0.5, 0.6) is 5.75 Å². The second-order valence-corrected chi connectivity index (χ2v) is 7.60. The summed E-state index contributed by atoms with van der Waals surface area (Å²) < 4.78 is 20.1. The Labute approximate surface area is 174 Å². The van der Waals surface area contributed by atoms with Crippen LogP contribution >= 0.6 is 0 Å². The minimum atomic E-state index is -1.11. The molecule has 0 atom stereocenters.